The van der Waals surface area contributed by atoms with Gasteiger partial charge in [-0.25, -0.2) is 0 Å². The average molecular weight is 406 g/mol. The Kier molecular flexibility index (Phi) is 7.63. The minimum Gasteiger partial charge on any atom is -0.496 e. The third-order valence-electron chi connectivity index (χ3n) is 4.56. The van der Waals surface area contributed by atoms with E-state index in [-0.39, 0.29) is 17.2 Å². The molecule has 0 saturated heterocycles. The van der Waals surface area contributed by atoms with Crippen LogP contribution in [0.25, 0.3) is 0 Å². The molecule has 0 spiro atoms. The van der Waals surface area contributed by atoms with Crippen LogP contribution in [0.15, 0.2) is 41.3 Å². The highest BCUT2D eigenvalue weighted by Gasteiger charge is 2.20. The zero-order chi connectivity index (χ0) is 20.1. The molecule has 2 rings (SSSR count). The summed E-state index contributed by atoms with van der Waals surface area (Å²) in [5, 5.41) is 3.64. The Morgan fingerprint density at radius 2 is 1.70 bits per heavy atom. The number of methoxy groups -OCH3 is 1. The van der Waals surface area contributed by atoms with E-state index in [0.29, 0.717) is 10.9 Å². The van der Waals surface area contributed by atoms with E-state index >= 15 is 0 Å². The number of halogens is 1. The van der Waals surface area contributed by atoms with Gasteiger partial charge in [-0.1, -0.05) is 25.4 Å². The van der Waals surface area contributed by atoms with Gasteiger partial charge in [-0.15, -0.1) is 11.8 Å². The smallest absolute Gasteiger partial charge is 0.233 e. The van der Waals surface area contributed by atoms with Crippen LogP contribution in [0.2, 0.25) is 5.02 Å². The second-order valence-corrected chi connectivity index (χ2v) is 8.90. The highest BCUT2D eigenvalue weighted by atomic mass is 35.5. The van der Waals surface area contributed by atoms with Crippen molar-refractivity contribution in [2.24, 2.45) is 0 Å². The molecule has 0 aliphatic carbocycles. The molecule has 2 aromatic rings. The molecule has 0 fully saturated rings. The molecule has 0 aliphatic heterocycles. The van der Waals surface area contributed by atoms with Crippen LogP contribution in [-0.4, -0.2) is 18.3 Å². The number of amides is 1. The largest absolute Gasteiger partial charge is 0.496 e. The fourth-order valence-electron chi connectivity index (χ4n) is 2.99. The Hall–Kier alpha value is -1.65. The molecule has 0 unspecified atom stereocenters. The highest BCUT2D eigenvalue weighted by molar-refractivity contribution is 8.00. The second kappa shape index (κ2) is 9.52. The van der Waals surface area contributed by atoms with Crippen LogP contribution in [0, 0.1) is 6.92 Å². The standard InChI is InChI=1S/C22H28ClNO2S/c1-13(2)19-12-20(14(3)11-21(19)26-6)15(4)24-22(25)16(5)27-18-9-7-17(23)8-10-18/h7-13,15-16H,1-6H3,(H,24,25)/t15-,16+/m1/s1. The van der Waals surface area contributed by atoms with Crippen molar-refractivity contribution >= 4 is 29.3 Å². The molecule has 2 aromatic carbocycles. The van der Waals surface area contributed by atoms with Gasteiger partial charge in [0.25, 0.3) is 0 Å². The lowest BCUT2D eigenvalue weighted by Crippen LogP contribution is -2.33. The van der Waals surface area contributed by atoms with E-state index in [1.807, 2.05) is 38.1 Å². The first kappa shape index (κ1) is 21.6. The number of aryl methyl sites for hydroxylation is 1. The number of carbonyl (C=O) groups is 1. The fraction of sp³-hybridized carbons (Fsp3) is 0.409. The summed E-state index contributed by atoms with van der Waals surface area (Å²) < 4.78 is 5.52. The maximum atomic E-state index is 12.7. The van der Waals surface area contributed by atoms with E-state index < -0.39 is 0 Å². The molecule has 5 heteroatoms. The van der Waals surface area contributed by atoms with Gasteiger partial charge in [-0.05, 0) is 79.8 Å². The molecule has 0 saturated carbocycles. The average Bonchev–Trinajstić information content (AvgIpc) is 2.62. The molecule has 0 bridgehead atoms. The van der Waals surface area contributed by atoms with Crippen LogP contribution >= 0.6 is 23.4 Å². The number of thioether (sulfide) groups is 1. The minimum atomic E-state index is -0.197. The van der Waals surface area contributed by atoms with Crippen LogP contribution in [0.3, 0.4) is 0 Å². The lowest BCUT2D eigenvalue weighted by Gasteiger charge is -2.22. The first-order valence-corrected chi connectivity index (χ1v) is 10.4. The second-order valence-electron chi connectivity index (χ2n) is 7.05. The maximum Gasteiger partial charge on any atom is 0.233 e. The zero-order valence-corrected chi connectivity index (χ0v) is 18.4. The van der Waals surface area contributed by atoms with Crippen molar-refractivity contribution in [1.82, 2.24) is 5.32 Å². The summed E-state index contributed by atoms with van der Waals surface area (Å²) in [6.07, 6.45) is 0. The predicted octanol–water partition coefficient (Wildman–Crippen LogP) is 6.14. The summed E-state index contributed by atoms with van der Waals surface area (Å²) in [5.74, 6) is 1.27. The van der Waals surface area contributed by atoms with Crippen LogP contribution in [0.1, 0.15) is 56.3 Å². The number of hydrogen-bond donors (Lipinski definition) is 1. The first-order valence-electron chi connectivity index (χ1n) is 9.14. The topological polar surface area (TPSA) is 38.3 Å². The molecule has 0 aromatic heterocycles. The molecule has 146 valence electrons. The van der Waals surface area contributed by atoms with Gasteiger partial charge in [-0.2, -0.15) is 0 Å². The fourth-order valence-corrected chi connectivity index (χ4v) is 3.99. The van der Waals surface area contributed by atoms with E-state index in [1.165, 1.54) is 11.8 Å². The third kappa shape index (κ3) is 5.66. The van der Waals surface area contributed by atoms with E-state index in [0.717, 1.165) is 27.3 Å². The van der Waals surface area contributed by atoms with Gasteiger partial charge in [0, 0.05) is 9.92 Å². The van der Waals surface area contributed by atoms with E-state index in [9.17, 15) is 4.79 Å². The number of ether oxygens (including phenoxy) is 1. The summed E-state index contributed by atoms with van der Waals surface area (Å²) in [4.78, 5) is 13.7. The van der Waals surface area contributed by atoms with Gasteiger partial charge >= 0.3 is 0 Å². The van der Waals surface area contributed by atoms with Crippen molar-refractivity contribution in [3.05, 3.63) is 58.1 Å². The highest BCUT2D eigenvalue weighted by Crippen LogP contribution is 2.32. The van der Waals surface area contributed by atoms with Crippen molar-refractivity contribution in [2.75, 3.05) is 7.11 Å². The van der Waals surface area contributed by atoms with E-state index in [4.69, 9.17) is 16.3 Å². The molecule has 27 heavy (non-hydrogen) atoms. The summed E-state index contributed by atoms with van der Waals surface area (Å²) in [5.41, 5.74) is 3.39. The van der Waals surface area contributed by atoms with Crippen LogP contribution in [-0.2, 0) is 4.79 Å². The Labute approximate surface area is 171 Å². The number of rotatable bonds is 7. The van der Waals surface area contributed by atoms with E-state index in [2.05, 4.69) is 38.2 Å². The van der Waals surface area contributed by atoms with Gasteiger partial charge < -0.3 is 10.1 Å². The summed E-state index contributed by atoms with van der Waals surface area (Å²) in [7, 11) is 1.70. The summed E-state index contributed by atoms with van der Waals surface area (Å²) in [6, 6.07) is 11.7. The van der Waals surface area contributed by atoms with Gasteiger partial charge in [0.15, 0.2) is 0 Å². The number of hydrogen-bond acceptors (Lipinski definition) is 3. The number of carbonyl (C=O) groups excluding carboxylic acids is 1. The predicted molar refractivity (Wildman–Crippen MR) is 115 cm³/mol. The van der Waals surface area contributed by atoms with Gasteiger partial charge in [-0.3, -0.25) is 4.79 Å². The van der Waals surface area contributed by atoms with Crippen molar-refractivity contribution in [1.29, 1.82) is 0 Å². The van der Waals surface area contributed by atoms with Gasteiger partial charge in [0.05, 0.1) is 18.4 Å². The SMILES string of the molecule is COc1cc(C)c([C@@H](C)NC(=O)[C@H](C)Sc2ccc(Cl)cc2)cc1C(C)C. The lowest BCUT2D eigenvalue weighted by molar-refractivity contribution is -0.120. The zero-order valence-electron chi connectivity index (χ0n) is 16.8. The maximum absolute atomic E-state index is 12.7. The molecule has 1 N–H and O–H groups in total. The summed E-state index contributed by atoms with van der Waals surface area (Å²) in [6.45, 7) is 10.3. The van der Waals surface area contributed by atoms with Crippen LogP contribution in [0.4, 0.5) is 0 Å². The molecular weight excluding hydrogens is 378 g/mol. The monoisotopic (exact) mass is 405 g/mol. The first-order chi connectivity index (χ1) is 12.7. The summed E-state index contributed by atoms with van der Waals surface area (Å²) >= 11 is 7.45. The third-order valence-corrected chi connectivity index (χ3v) is 5.93. The Morgan fingerprint density at radius 1 is 1.07 bits per heavy atom. The molecule has 1 amide bonds. The molecule has 0 radical (unpaired) electrons. The number of benzene rings is 2. The quantitative estimate of drug-likeness (QED) is 0.562. The number of nitrogens with one attached hydrogen (secondary N) is 1. The molecule has 2 atom stereocenters. The van der Waals surface area contributed by atoms with Crippen molar-refractivity contribution in [3.63, 3.8) is 0 Å². The van der Waals surface area contributed by atoms with Gasteiger partial charge in [0.2, 0.25) is 5.91 Å². The van der Waals surface area contributed by atoms with E-state index in [1.54, 1.807) is 7.11 Å². The van der Waals surface area contributed by atoms with Crippen LogP contribution in [0.5, 0.6) is 5.75 Å². The Bertz CT molecular complexity index is 790. The molecule has 0 heterocycles. The molecule has 3 nitrogen and oxygen atoms in total. The van der Waals surface area contributed by atoms with Crippen molar-refractivity contribution < 1.29 is 9.53 Å². The van der Waals surface area contributed by atoms with Crippen LogP contribution < -0.4 is 10.1 Å². The van der Waals surface area contributed by atoms with Crippen molar-refractivity contribution in [3.8, 4) is 5.75 Å². The van der Waals surface area contributed by atoms with Gasteiger partial charge in [0.1, 0.15) is 5.75 Å². The lowest BCUT2D eigenvalue weighted by atomic mass is 9.93. The minimum absolute atomic E-state index is 0.0174. The molecular formula is C22H28ClNO2S. The Morgan fingerprint density at radius 3 is 2.26 bits per heavy atom. The van der Waals surface area contributed by atoms with Crippen molar-refractivity contribution in [2.45, 2.75) is 56.7 Å². The Balaban J connectivity index is 2.11. The molecule has 0 aliphatic rings. The normalized spacial score (nSPS) is 13.3.